The van der Waals surface area contributed by atoms with Gasteiger partial charge in [0.1, 0.15) is 24.4 Å². The zero-order chi connectivity index (χ0) is 18.3. The predicted octanol–water partition coefficient (Wildman–Crippen LogP) is 0.0194. The second-order valence-electron chi connectivity index (χ2n) is 5.37. The molecule has 0 saturated heterocycles. The van der Waals surface area contributed by atoms with E-state index in [1.54, 1.807) is 6.08 Å². The summed E-state index contributed by atoms with van der Waals surface area (Å²) >= 11 is 0. The molecule has 24 heavy (non-hydrogen) atoms. The number of ether oxygens (including phenoxy) is 3. The van der Waals surface area contributed by atoms with Crippen LogP contribution in [0.1, 0.15) is 27.2 Å². The number of aliphatic hydroxyl groups excluding tert-OH is 2. The topological polar surface area (TPSA) is 119 Å². The van der Waals surface area contributed by atoms with Crippen LogP contribution >= 0.6 is 0 Å². The fourth-order valence-corrected chi connectivity index (χ4v) is 2.11. The van der Waals surface area contributed by atoms with Crippen LogP contribution in [0.3, 0.4) is 0 Å². The van der Waals surface area contributed by atoms with Crippen molar-refractivity contribution in [2.75, 3.05) is 0 Å². The monoisotopic (exact) mass is 342 g/mol. The van der Waals surface area contributed by atoms with Gasteiger partial charge in [0.15, 0.2) is 6.10 Å². The number of carbonyl (C=O) groups excluding carboxylic acids is 3. The number of rotatable bonds is 7. The molecular weight excluding hydrogens is 320 g/mol. The molecule has 2 N–H and O–H groups in total. The van der Waals surface area contributed by atoms with E-state index in [-0.39, 0.29) is 6.42 Å². The molecular formula is C16H22O8. The largest absolute Gasteiger partial charge is 0.459 e. The summed E-state index contributed by atoms with van der Waals surface area (Å²) in [4.78, 5) is 33.3. The smallest absolute Gasteiger partial charge is 0.330 e. The molecule has 1 aliphatic rings. The van der Waals surface area contributed by atoms with Crippen molar-refractivity contribution in [1.82, 2.24) is 0 Å². The first-order valence-electron chi connectivity index (χ1n) is 7.46. The van der Waals surface area contributed by atoms with Gasteiger partial charge in [-0.3, -0.25) is 9.59 Å². The molecule has 5 atom stereocenters. The van der Waals surface area contributed by atoms with Crippen molar-refractivity contribution in [1.29, 1.82) is 0 Å². The molecule has 0 spiro atoms. The molecule has 1 aliphatic heterocycles. The quantitative estimate of drug-likeness (QED) is 0.377. The maximum atomic E-state index is 11.2. The van der Waals surface area contributed by atoms with Gasteiger partial charge in [0.05, 0.1) is 0 Å². The van der Waals surface area contributed by atoms with E-state index in [4.69, 9.17) is 14.2 Å². The van der Waals surface area contributed by atoms with Gasteiger partial charge in [-0.05, 0) is 13.0 Å². The fraction of sp³-hybridized carbons (Fsp3) is 0.562. The van der Waals surface area contributed by atoms with Gasteiger partial charge >= 0.3 is 17.9 Å². The van der Waals surface area contributed by atoms with E-state index >= 15 is 0 Å². The first-order chi connectivity index (χ1) is 11.2. The lowest BCUT2D eigenvalue weighted by atomic mass is 10.0. The maximum Gasteiger partial charge on any atom is 0.330 e. The Kier molecular flexibility index (Phi) is 7.60. The molecule has 0 aromatic rings. The van der Waals surface area contributed by atoms with E-state index in [0.29, 0.717) is 0 Å². The Morgan fingerprint density at radius 1 is 1.25 bits per heavy atom. The Hall–Kier alpha value is -2.19. The van der Waals surface area contributed by atoms with Crippen molar-refractivity contribution in [3.05, 3.63) is 24.3 Å². The fourth-order valence-electron chi connectivity index (χ4n) is 2.11. The summed E-state index contributed by atoms with van der Waals surface area (Å²) in [6.45, 7) is 3.94. The molecule has 0 fully saturated rings. The summed E-state index contributed by atoms with van der Waals surface area (Å²) in [6, 6.07) is 0. The maximum absolute atomic E-state index is 11.2. The molecule has 0 aliphatic carbocycles. The molecule has 0 aromatic carbocycles. The number of hydrogen-bond donors (Lipinski definition) is 2. The Morgan fingerprint density at radius 3 is 2.42 bits per heavy atom. The molecule has 0 saturated carbocycles. The molecule has 0 unspecified atom stereocenters. The summed E-state index contributed by atoms with van der Waals surface area (Å²) in [5.74, 6) is -1.73. The van der Waals surface area contributed by atoms with E-state index in [1.165, 1.54) is 39.0 Å². The van der Waals surface area contributed by atoms with Gasteiger partial charge in [0.25, 0.3) is 0 Å². The molecule has 8 heteroatoms. The van der Waals surface area contributed by atoms with Gasteiger partial charge in [-0.2, -0.15) is 0 Å². The summed E-state index contributed by atoms with van der Waals surface area (Å²) in [5, 5.41) is 20.0. The van der Waals surface area contributed by atoms with Crippen molar-refractivity contribution in [2.24, 2.45) is 0 Å². The highest BCUT2D eigenvalue weighted by Gasteiger charge is 2.29. The highest BCUT2D eigenvalue weighted by molar-refractivity contribution is 5.82. The van der Waals surface area contributed by atoms with E-state index in [1.807, 2.05) is 0 Å². The summed E-state index contributed by atoms with van der Waals surface area (Å²) in [6.07, 6.45) is 0.269. The van der Waals surface area contributed by atoms with Crippen LogP contribution in [0.5, 0.6) is 0 Å². The first kappa shape index (κ1) is 19.9. The standard InChI is InChI=1S/C16H22O8/c1-9(22-10(2)17)13(23-11(3)18)8-7-12(19)16(21)14-5-4-6-15(20)24-14/h4,6-9,12-14,16,19,21H,5H2,1-3H3/b8-7+/t9-,12-,13+,14-,16-/m0/s1. The van der Waals surface area contributed by atoms with E-state index in [2.05, 4.69) is 0 Å². The summed E-state index contributed by atoms with van der Waals surface area (Å²) < 4.78 is 14.9. The van der Waals surface area contributed by atoms with Crippen molar-refractivity contribution in [3.63, 3.8) is 0 Å². The second-order valence-corrected chi connectivity index (χ2v) is 5.37. The minimum absolute atomic E-state index is 0.273. The van der Waals surface area contributed by atoms with Crippen molar-refractivity contribution in [2.45, 2.75) is 57.7 Å². The Bertz CT molecular complexity index is 524. The van der Waals surface area contributed by atoms with Crippen molar-refractivity contribution < 1.29 is 38.8 Å². The molecule has 1 heterocycles. The number of aliphatic hydroxyl groups is 2. The zero-order valence-electron chi connectivity index (χ0n) is 13.7. The Balaban J connectivity index is 2.72. The third-order valence-electron chi connectivity index (χ3n) is 3.24. The Labute approximate surface area is 139 Å². The van der Waals surface area contributed by atoms with Crippen LogP contribution in [0.15, 0.2) is 24.3 Å². The van der Waals surface area contributed by atoms with Gasteiger partial charge in [-0.15, -0.1) is 0 Å². The summed E-state index contributed by atoms with van der Waals surface area (Å²) in [7, 11) is 0. The minimum atomic E-state index is -1.36. The molecule has 0 radical (unpaired) electrons. The van der Waals surface area contributed by atoms with Gasteiger partial charge in [-0.1, -0.05) is 12.2 Å². The summed E-state index contributed by atoms with van der Waals surface area (Å²) in [5.41, 5.74) is 0. The zero-order valence-corrected chi connectivity index (χ0v) is 13.7. The van der Waals surface area contributed by atoms with Crippen LogP contribution in [0, 0.1) is 0 Å². The lowest BCUT2D eigenvalue weighted by molar-refractivity contribution is -0.160. The van der Waals surface area contributed by atoms with Crippen LogP contribution in [0.25, 0.3) is 0 Å². The lowest BCUT2D eigenvalue weighted by Gasteiger charge is -2.26. The van der Waals surface area contributed by atoms with Gasteiger partial charge in [-0.25, -0.2) is 4.79 Å². The normalized spacial score (nSPS) is 22.4. The molecule has 0 aromatic heterocycles. The number of esters is 3. The third kappa shape index (κ3) is 6.51. The minimum Gasteiger partial charge on any atom is -0.459 e. The SMILES string of the molecule is CC(=O)O[C@@H](C)[C@@H](/C=C/[C@H](O)[C@H](O)[C@@H]1CC=CC(=O)O1)OC(C)=O. The molecule has 0 bridgehead atoms. The average molecular weight is 342 g/mol. The molecule has 1 rings (SSSR count). The predicted molar refractivity (Wildman–Crippen MR) is 81.6 cm³/mol. The highest BCUT2D eigenvalue weighted by atomic mass is 16.6. The van der Waals surface area contributed by atoms with Crippen LogP contribution < -0.4 is 0 Å². The number of cyclic esters (lactones) is 1. The van der Waals surface area contributed by atoms with Crippen LogP contribution in [0.4, 0.5) is 0 Å². The van der Waals surface area contributed by atoms with Gasteiger partial charge in [0, 0.05) is 26.3 Å². The van der Waals surface area contributed by atoms with Crippen LogP contribution in [-0.4, -0.2) is 58.6 Å². The number of carbonyl (C=O) groups is 3. The average Bonchev–Trinajstić information content (AvgIpc) is 2.49. The van der Waals surface area contributed by atoms with E-state index in [0.717, 1.165) is 0 Å². The van der Waals surface area contributed by atoms with Gasteiger partial charge < -0.3 is 24.4 Å². The second kappa shape index (κ2) is 9.19. The Morgan fingerprint density at radius 2 is 1.88 bits per heavy atom. The third-order valence-corrected chi connectivity index (χ3v) is 3.24. The van der Waals surface area contributed by atoms with Crippen LogP contribution in [-0.2, 0) is 28.6 Å². The van der Waals surface area contributed by atoms with Crippen molar-refractivity contribution >= 4 is 17.9 Å². The van der Waals surface area contributed by atoms with Gasteiger partial charge in [0.2, 0.25) is 0 Å². The molecule has 134 valence electrons. The van der Waals surface area contributed by atoms with E-state index < -0.39 is 48.4 Å². The highest BCUT2D eigenvalue weighted by Crippen LogP contribution is 2.16. The number of hydrogen-bond acceptors (Lipinski definition) is 8. The van der Waals surface area contributed by atoms with Crippen molar-refractivity contribution in [3.8, 4) is 0 Å². The molecule has 0 amide bonds. The van der Waals surface area contributed by atoms with Crippen LogP contribution in [0.2, 0.25) is 0 Å². The first-order valence-corrected chi connectivity index (χ1v) is 7.46. The lowest BCUT2D eigenvalue weighted by Crippen LogP contribution is -2.40. The van der Waals surface area contributed by atoms with E-state index in [9.17, 15) is 24.6 Å². The molecule has 8 nitrogen and oxygen atoms in total.